The molecule has 5 nitrogen and oxygen atoms in total. The molecule has 1 aromatic heterocycles. The largest absolute Gasteiger partial charge is 0.354 e. The molecule has 1 aliphatic heterocycles. The Morgan fingerprint density at radius 2 is 2.00 bits per heavy atom. The number of hydrogen-bond donors (Lipinski definition) is 1. The van der Waals surface area contributed by atoms with E-state index in [9.17, 15) is 9.59 Å². The van der Waals surface area contributed by atoms with E-state index in [2.05, 4.69) is 5.32 Å². The molecular weight excluding hydrogens is 278 g/mol. The van der Waals surface area contributed by atoms with Crippen LogP contribution in [-0.4, -0.2) is 40.4 Å². The summed E-state index contributed by atoms with van der Waals surface area (Å²) in [7, 11) is 0. The van der Waals surface area contributed by atoms with Crippen LogP contribution in [0.25, 0.3) is 5.69 Å². The lowest BCUT2D eigenvalue weighted by atomic mass is 10.1. The summed E-state index contributed by atoms with van der Waals surface area (Å²) >= 11 is 0. The number of nitrogens with one attached hydrogen (secondary N) is 1. The quantitative estimate of drug-likeness (QED) is 0.919. The Kier molecular flexibility index (Phi) is 3.96. The third-order valence-electron chi connectivity index (χ3n) is 3.94. The normalized spacial score (nSPS) is 18.7. The lowest BCUT2D eigenvalue weighted by molar-refractivity contribution is -0.121. The minimum atomic E-state index is -0.0924. The fraction of sp³-hybridized carbons (Fsp3) is 0.294. The fourth-order valence-electron chi connectivity index (χ4n) is 2.76. The van der Waals surface area contributed by atoms with Crippen molar-refractivity contribution in [3.63, 3.8) is 0 Å². The van der Waals surface area contributed by atoms with E-state index in [4.69, 9.17) is 0 Å². The highest BCUT2D eigenvalue weighted by Crippen LogP contribution is 2.16. The van der Waals surface area contributed by atoms with Crippen LogP contribution in [0.2, 0.25) is 0 Å². The standard InChI is InChI=1S/C17H19N3O2/c1-13-11-16(21)18-7-10-20(13)17(22)14-5-4-6-15(12-14)19-8-2-3-9-19/h2-6,8-9,12-13H,7,10-11H2,1H3,(H,18,21). The fourth-order valence-corrected chi connectivity index (χ4v) is 2.76. The number of nitrogens with zero attached hydrogens (tertiary/aromatic N) is 2. The van der Waals surface area contributed by atoms with Crippen molar-refractivity contribution in [2.24, 2.45) is 0 Å². The highest BCUT2D eigenvalue weighted by atomic mass is 16.2. The molecule has 22 heavy (non-hydrogen) atoms. The van der Waals surface area contributed by atoms with Crippen LogP contribution in [-0.2, 0) is 4.79 Å². The molecular formula is C17H19N3O2. The number of amides is 2. The van der Waals surface area contributed by atoms with Gasteiger partial charge >= 0.3 is 0 Å². The first-order valence-corrected chi connectivity index (χ1v) is 7.46. The molecule has 114 valence electrons. The summed E-state index contributed by atoms with van der Waals surface area (Å²) in [4.78, 5) is 26.1. The Balaban J connectivity index is 1.85. The number of aromatic nitrogens is 1. The minimum absolute atomic E-state index is 0.00360. The lowest BCUT2D eigenvalue weighted by Crippen LogP contribution is -2.39. The monoisotopic (exact) mass is 297 g/mol. The Bertz CT molecular complexity index is 679. The Morgan fingerprint density at radius 3 is 2.77 bits per heavy atom. The van der Waals surface area contributed by atoms with Crippen LogP contribution >= 0.6 is 0 Å². The molecule has 2 heterocycles. The number of hydrogen-bond acceptors (Lipinski definition) is 2. The molecule has 0 aliphatic carbocycles. The first-order valence-electron chi connectivity index (χ1n) is 7.46. The van der Waals surface area contributed by atoms with Gasteiger partial charge in [0.2, 0.25) is 5.91 Å². The predicted octanol–water partition coefficient (Wildman–Crippen LogP) is 1.83. The zero-order valence-electron chi connectivity index (χ0n) is 12.5. The van der Waals surface area contributed by atoms with Gasteiger partial charge < -0.3 is 14.8 Å². The van der Waals surface area contributed by atoms with Crippen LogP contribution in [0.3, 0.4) is 0 Å². The number of carbonyl (C=O) groups is 2. The van der Waals surface area contributed by atoms with Crippen molar-refractivity contribution in [3.8, 4) is 5.69 Å². The van der Waals surface area contributed by atoms with Crippen molar-refractivity contribution < 1.29 is 9.59 Å². The van der Waals surface area contributed by atoms with Crippen molar-refractivity contribution >= 4 is 11.8 Å². The summed E-state index contributed by atoms with van der Waals surface area (Å²) < 4.78 is 1.97. The second-order valence-corrected chi connectivity index (χ2v) is 5.54. The molecule has 1 N–H and O–H groups in total. The highest BCUT2D eigenvalue weighted by Gasteiger charge is 2.26. The average Bonchev–Trinajstić information content (AvgIpc) is 2.99. The van der Waals surface area contributed by atoms with E-state index in [0.717, 1.165) is 5.69 Å². The van der Waals surface area contributed by atoms with Crippen LogP contribution < -0.4 is 5.32 Å². The van der Waals surface area contributed by atoms with Gasteiger partial charge in [-0.1, -0.05) is 6.07 Å². The van der Waals surface area contributed by atoms with Gasteiger partial charge in [0.15, 0.2) is 0 Å². The molecule has 1 fully saturated rings. The van der Waals surface area contributed by atoms with Gasteiger partial charge in [0.1, 0.15) is 0 Å². The minimum Gasteiger partial charge on any atom is -0.354 e. The molecule has 2 aromatic rings. The number of benzene rings is 1. The molecule has 1 unspecified atom stereocenters. The van der Waals surface area contributed by atoms with Crippen molar-refractivity contribution in [3.05, 3.63) is 54.4 Å². The van der Waals surface area contributed by atoms with Gasteiger partial charge in [-0.2, -0.15) is 0 Å². The molecule has 1 aromatic carbocycles. The summed E-state index contributed by atoms with van der Waals surface area (Å²) in [6.45, 7) is 2.96. The highest BCUT2D eigenvalue weighted by molar-refractivity contribution is 5.95. The van der Waals surface area contributed by atoms with Gasteiger partial charge in [0.25, 0.3) is 5.91 Å². The number of carbonyl (C=O) groups excluding carboxylic acids is 2. The second kappa shape index (κ2) is 6.05. The van der Waals surface area contributed by atoms with E-state index in [-0.39, 0.29) is 17.9 Å². The first-order chi connectivity index (χ1) is 10.6. The molecule has 5 heteroatoms. The van der Waals surface area contributed by atoms with Crippen LogP contribution in [0.4, 0.5) is 0 Å². The topological polar surface area (TPSA) is 54.3 Å². The number of rotatable bonds is 2. The van der Waals surface area contributed by atoms with Crippen LogP contribution in [0.1, 0.15) is 23.7 Å². The summed E-state index contributed by atoms with van der Waals surface area (Å²) in [6.07, 6.45) is 4.24. The van der Waals surface area contributed by atoms with Crippen molar-refractivity contribution in [2.45, 2.75) is 19.4 Å². The Labute approximate surface area is 129 Å². The molecule has 1 atom stereocenters. The predicted molar refractivity (Wildman–Crippen MR) is 83.9 cm³/mol. The van der Waals surface area contributed by atoms with E-state index < -0.39 is 0 Å². The van der Waals surface area contributed by atoms with Crippen LogP contribution in [0.5, 0.6) is 0 Å². The SMILES string of the molecule is CC1CC(=O)NCCN1C(=O)c1cccc(-n2cccc2)c1. The van der Waals surface area contributed by atoms with Gasteiger partial charge in [0, 0.05) is 49.2 Å². The van der Waals surface area contributed by atoms with Crippen molar-refractivity contribution in [1.29, 1.82) is 0 Å². The van der Waals surface area contributed by atoms with Gasteiger partial charge in [-0.3, -0.25) is 9.59 Å². The third-order valence-corrected chi connectivity index (χ3v) is 3.94. The molecule has 1 aliphatic rings. The van der Waals surface area contributed by atoms with Gasteiger partial charge in [0.05, 0.1) is 0 Å². The van der Waals surface area contributed by atoms with E-state index in [1.807, 2.05) is 60.3 Å². The Hall–Kier alpha value is -2.56. The second-order valence-electron chi connectivity index (χ2n) is 5.54. The van der Waals surface area contributed by atoms with Gasteiger partial charge in [-0.25, -0.2) is 0 Å². The Morgan fingerprint density at radius 1 is 1.23 bits per heavy atom. The van der Waals surface area contributed by atoms with E-state index in [1.165, 1.54) is 0 Å². The smallest absolute Gasteiger partial charge is 0.254 e. The summed E-state index contributed by atoms with van der Waals surface area (Å²) in [5, 5.41) is 2.81. The summed E-state index contributed by atoms with van der Waals surface area (Å²) in [5.41, 5.74) is 1.60. The van der Waals surface area contributed by atoms with E-state index in [0.29, 0.717) is 25.1 Å². The zero-order chi connectivity index (χ0) is 15.5. The van der Waals surface area contributed by atoms with Crippen LogP contribution in [0.15, 0.2) is 48.8 Å². The molecule has 2 amide bonds. The maximum absolute atomic E-state index is 12.8. The molecule has 1 saturated heterocycles. The first kappa shape index (κ1) is 14.4. The molecule has 0 spiro atoms. The average molecular weight is 297 g/mol. The molecule has 0 bridgehead atoms. The van der Waals surface area contributed by atoms with E-state index in [1.54, 1.807) is 4.90 Å². The summed E-state index contributed by atoms with van der Waals surface area (Å²) in [5.74, 6) is -0.0260. The van der Waals surface area contributed by atoms with Crippen molar-refractivity contribution in [2.75, 3.05) is 13.1 Å². The van der Waals surface area contributed by atoms with E-state index >= 15 is 0 Å². The lowest BCUT2D eigenvalue weighted by Gasteiger charge is -2.26. The van der Waals surface area contributed by atoms with Gasteiger partial charge in [-0.15, -0.1) is 0 Å². The van der Waals surface area contributed by atoms with Gasteiger partial charge in [-0.05, 0) is 37.3 Å². The summed E-state index contributed by atoms with van der Waals surface area (Å²) in [6, 6.07) is 11.4. The third kappa shape index (κ3) is 2.88. The molecule has 3 rings (SSSR count). The zero-order valence-corrected chi connectivity index (χ0v) is 12.5. The van der Waals surface area contributed by atoms with Crippen molar-refractivity contribution in [1.82, 2.24) is 14.8 Å². The maximum atomic E-state index is 12.8. The maximum Gasteiger partial charge on any atom is 0.254 e. The molecule has 0 saturated carbocycles. The molecule has 0 radical (unpaired) electrons. The van der Waals surface area contributed by atoms with Crippen LogP contribution in [0, 0.1) is 0 Å².